The summed E-state index contributed by atoms with van der Waals surface area (Å²) in [4.78, 5) is 2.25. The van der Waals surface area contributed by atoms with Crippen molar-refractivity contribution in [3.8, 4) is 5.75 Å². The number of benzene rings is 1. The molecule has 1 aromatic carbocycles. The van der Waals surface area contributed by atoms with Crippen LogP contribution in [0.25, 0.3) is 0 Å². The van der Waals surface area contributed by atoms with Crippen molar-refractivity contribution >= 4 is 5.69 Å². The van der Waals surface area contributed by atoms with E-state index in [9.17, 15) is 0 Å². The maximum atomic E-state index is 5.65. The zero-order valence-corrected chi connectivity index (χ0v) is 11.4. The average Bonchev–Trinajstić information content (AvgIpc) is 2.37. The molecule has 1 rings (SSSR count). The fourth-order valence-corrected chi connectivity index (χ4v) is 1.93. The monoisotopic (exact) mass is 236 g/mol. The third-order valence-corrected chi connectivity index (χ3v) is 3.07. The maximum Gasteiger partial charge on any atom is 0.122 e. The Morgan fingerprint density at radius 3 is 2.65 bits per heavy atom. The quantitative estimate of drug-likeness (QED) is 0.823. The number of nitrogens with two attached hydrogens (primary N) is 1. The molecule has 0 saturated carbocycles. The summed E-state index contributed by atoms with van der Waals surface area (Å²) < 4.78 is 5.33. The number of anilines is 1. The van der Waals surface area contributed by atoms with Crippen LogP contribution in [0.4, 0.5) is 5.69 Å². The Labute approximate surface area is 105 Å². The van der Waals surface area contributed by atoms with Crippen LogP contribution in [0.3, 0.4) is 0 Å². The van der Waals surface area contributed by atoms with Crippen molar-refractivity contribution < 1.29 is 4.74 Å². The predicted octanol–water partition coefficient (Wildman–Crippen LogP) is 2.29. The maximum absolute atomic E-state index is 5.65. The Morgan fingerprint density at radius 2 is 2.12 bits per heavy atom. The fourth-order valence-electron chi connectivity index (χ4n) is 1.93. The minimum atomic E-state index is 0.507. The van der Waals surface area contributed by atoms with E-state index in [1.54, 1.807) is 7.11 Å². The van der Waals surface area contributed by atoms with Crippen LogP contribution in [0, 0.1) is 5.92 Å². The first-order valence-corrected chi connectivity index (χ1v) is 6.20. The molecule has 0 spiro atoms. The molecule has 0 radical (unpaired) electrons. The molecule has 2 N–H and O–H groups in total. The highest BCUT2D eigenvalue weighted by Gasteiger charge is 2.08. The summed E-state index contributed by atoms with van der Waals surface area (Å²) in [6.07, 6.45) is 0.983. The van der Waals surface area contributed by atoms with Gasteiger partial charge in [-0.15, -0.1) is 0 Å². The fraction of sp³-hybridized carbons (Fsp3) is 0.571. The van der Waals surface area contributed by atoms with Crippen LogP contribution in [0.5, 0.6) is 5.75 Å². The van der Waals surface area contributed by atoms with Crippen LogP contribution >= 0.6 is 0 Å². The van der Waals surface area contributed by atoms with E-state index in [0.29, 0.717) is 5.92 Å². The van der Waals surface area contributed by atoms with Crippen molar-refractivity contribution in [2.75, 3.05) is 32.1 Å². The lowest BCUT2D eigenvalue weighted by Crippen LogP contribution is -2.28. The van der Waals surface area contributed by atoms with E-state index in [1.807, 2.05) is 6.07 Å². The highest BCUT2D eigenvalue weighted by molar-refractivity contribution is 5.52. The number of methoxy groups -OCH3 is 1. The molecular formula is C14H24N2O. The molecule has 3 nitrogen and oxygen atoms in total. The van der Waals surface area contributed by atoms with Gasteiger partial charge in [-0.25, -0.2) is 0 Å². The molecule has 0 bridgehead atoms. The summed E-state index contributed by atoms with van der Waals surface area (Å²) in [5.74, 6) is 1.48. The van der Waals surface area contributed by atoms with Crippen molar-refractivity contribution in [2.45, 2.75) is 20.3 Å². The van der Waals surface area contributed by atoms with Gasteiger partial charge in [0.25, 0.3) is 0 Å². The number of ether oxygens (including phenoxy) is 1. The highest BCUT2D eigenvalue weighted by Crippen LogP contribution is 2.25. The average molecular weight is 236 g/mol. The smallest absolute Gasteiger partial charge is 0.122 e. The first kappa shape index (κ1) is 13.8. The second-order valence-corrected chi connectivity index (χ2v) is 4.57. The van der Waals surface area contributed by atoms with Crippen LogP contribution < -0.4 is 15.4 Å². The van der Waals surface area contributed by atoms with Crippen LogP contribution in [-0.2, 0) is 6.42 Å². The van der Waals surface area contributed by atoms with Gasteiger partial charge in [-0.05, 0) is 42.6 Å². The largest absolute Gasteiger partial charge is 0.496 e. The molecular weight excluding hydrogens is 212 g/mol. The number of nitrogens with zero attached hydrogens (tertiary/aromatic N) is 1. The van der Waals surface area contributed by atoms with E-state index in [4.69, 9.17) is 10.5 Å². The SMILES string of the molecule is CCc1cc(N(C)CC(C)CN)ccc1OC. The van der Waals surface area contributed by atoms with E-state index in [2.05, 4.69) is 37.9 Å². The van der Waals surface area contributed by atoms with Crippen molar-refractivity contribution in [1.29, 1.82) is 0 Å². The van der Waals surface area contributed by atoms with Crippen LogP contribution in [-0.4, -0.2) is 27.2 Å². The molecule has 1 unspecified atom stereocenters. The van der Waals surface area contributed by atoms with Gasteiger partial charge in [0, 0.05) is 19.3 Å². The van der Waals surface area contributed by atoms with Gasteiger partial charge in [0.2, 0.25) is 0 Å². The minimum Gasteiger partial charge on any atom is -0.496 e. The van der Waals surface area contributed by atoms with E-state index in [-0.39, 0.29) is 0 Å². The number of hydrogen-bond acceptors (Lipinski definition) is 3. The second kappa shape index (κ2) is 6.50. The zero-order valence-electron chi connectivity index (χ0n) is 11.4. The Hall–Kier alpha value is -1.22. The second-order valence-electron chi connectivity index (χ2n) is 4.57. The molecule has 1 aromatic rings. The number of hydrogen-bond donors (Lipinski definition) is 1. The molecule has 0 heterocycles. The van der Waals surface area contributed by atoms with Crippen molar-refractivity contribution in [3.63, 3.8) is 0 Å². The summed E-state index contributed by atoms with van der Waals surface area (Å²) in [7, 11) is 3.82. The molecule has 0 saturated heterocycles. The standard InChI is InChI=1S/C14H24N2O/c1-5-12-8-13(6-7-14(12)17-4)16(3)10-11(2)9-15/h6-8,11H,5,9-10,15H2,1-4H3. The first-order chi connectivity index (χ1) is 8.12. The molecule has 96 valence electrons. The topological polar surface area (TPSA) is 38.5 Å². The van der Waals surface area contributed by atoms with Crippen molar-refractivity contribution in [3.05, 3.63) is 23.8 Å². The summed E-state index contributed by atoms with van der Waals surface area (Å²) in [6, 6.07) is 6.33. The lowest BCUT2D eigenvalue weighted by atomic mass is 10.1. The van der Waals surface area contributed by atoms with Gasteiger partial charge < -0.3 is 15.4 Å². The molecule has 0 amide bonds. The molecule has 0 aromatic heterocycles. The van der Waals surface area contributed by atoms with E-state index in [1.165, 1.54) is 11.3 Å². The summed E-state index contributed by atoms with van der Waals surface area (Å²) in [5.41, 5.74) is 8.13. The lowest BCUT2D eigenvalue weighted by molar-refractivity contribution is 0.410. The minimum absolute atomic E-state index is 0.507. The predicted molar refractivity (Wildman–Crippen MR) is 73.9 cm³/mol. The zero-order chi connectivity index (χ0) is 12.8. The Morgan fingerprint density at radius 1 is 1.41 bits per heavy atom. The lowest BCUT2D eigenvalue weighted by Gasteiger charge is -2.23. The molecule has 0 aliphatic carbocycles. The van der Waals surface area contributed by atoms with Crippen LogP contribution in [0.15, 0.2) is 18.2 Å². The van der Waals surface area contributed by atoms with Gasteiger partial charge in [-0.1, -0.05) is 13.8 Å². The van der Waals surface area contributed by atoms with Crippen molar-refractivity contribution in [1.82, 2.24) is 0 Å². The van der Waals surface area contributed by atoms with E-state index < -0.39 is 0 Å². The molecule has 1 atom stereocenters. The van der Waals surface area contributed by atoms with Gasteiger partial charge in [-0.3, -0.25) is 0 Å². The number of rotatable bonds is 6. The van der Waals surface area contributed by atoms with Gasteiger partial charge >= 0.3 is 0 Å². The van der Waals surface area contributed by atoms with Crippen LogP contribution in [0.2, 0.25) is 0 Å². The molecule has 0 aliphatic heterocycles. The summed E-state index contributed by atoms with van der Waals surface area (Å²) in [6.45, 7) is 6.01. The van der Waals surface area contributed by atoms with Gasteiger partial charge in [-0.2, -0.15) is 0 Å². The normalized spacial score (nSPS) is 12.3. The third kappa shape index (κ3) is 3.63. The van der Waals surface area contributed by atoms with E-state index in [0.717, 1.165) is 25.3 Å². The molecule has 0 aliphatic rings. The Kier molecular flexibility index (Phi) is 5.29. The molecule has 3 heteroatoms. The highest BCUT2D eigenvalue weighted by atomic mass is 16.5. The Balaban J connectivity index is 2.84. The van der Waals surface area contributed by atoms with Gasteiger partial charge in [0.05, 0.1) is 7.11 Å². The van der Waals surface area contributed by atoms with Gasteiger partial charge in [0.15, 0.2) is 0 Å². The molecule has 17 heavy (non-hydrogen) atoms. The third-order valence-electron chi connectivity index (χ3n) is 3.07. The van der Waals surface area contributed by atoms with Gasteiger partial charge in [0.1, 0.15) is 5.75 Å². The Bertz CT molecular complexity index is 352. The summed E-state index contributed by atoms with van der Waals surface area (Å²) in [5, 5.41) is 0. The summed E-state index contributed by atoms with van der Waals surface area (Å²) >= 11 is 0. The van der Waals surface area contributed by atoms with Crippen LogP contribution in [0.1, 0.15) is 19.4 Å². The number of aryl methyl sites for hydroxylation is 1. The van der Waals surface area contributed by atoms with E-state index >= 15 is 0 Å². The van der Waals surface area contributed by atoms with Crippen molar-refractivity contribution in [2.24, 2.45) is 11.7 Å². The first-order valence-electron chi connectivity index (χ1n) is 6.20. The molecule has 0 fully saturated rings.